The van der Waals surface area contributed by atoms with Crippen molar-refractivity contribution >= 4 is 5.91 Å². The highest BCUT2D eigenvalue weighted by molar-refractivity contribution is 5.76. The summed E-state index contributed by atoms with van der Waals surface area (Å²) in [6, 6.07) is 10.3. The van der Waals surface area contributed by atoms with Gasteiger partial charge in [-0.3, -0.25) is 4.79 Å². The van der Waals surface area contributed by atoms with Gasteiger partial charge in [0.25, 0.3) is 0 Å². The molecular weight excluding hydrogens is 252 g/mol. The molecule has 0 bridgehead atoms. The highest BCUT2D eigenvalue weighted by Crippen LogP contribution is 2.06. The number of methoxy groups -OCH3 is 1. The maximum absolute atomic E-state index is 12.2. The second-order valence-corrected chi connectivity index (χ2v) is 4.85. The molecule has 1 rings (SSSR count). The van der Waals surface area contributed by atoms with Crippen LogP contribution in [0.5, 0.6) is 0 Å². The van der Waals surface area contributed by atoms with Gasteiger partial charge in [0, 0.05) is 26.6 Å². The third-order valence-corrected chi connectivity index (χ3v) is 3.25. The van der Waals surface area contributed by atoms with E-state index in [0.717, 1.165) is 25.8 Å². The van der Waals surface area contributed by atoms with E-state index < -0.39 is 0 Å². The topological polar surface area (TPSA) is 55.6 Å². The molecule has 0 atom stereocenters. The third kappa shape index (κ3) is 6.68. The van der Waals surface area contributed by atoms with Crippen molar-refractivity contribution in [2.24, 2.45) is 5.73 Å². The average Bonchev–Trinajstić information content (AvgIpc) is 2.48. The van der Waals surface area contributed by atoms with Crippen LogP contribution in [0.15, 0.2) is 30.3 Å². The maximum atomic E-state index is 12.2. The molecule has 2 N–H and O–H groups in total. The third-order valence-electron chi connectivity index (χ3n) is 3.25. The van der Waals surface area contributed by atoms with Crippen LogP contribution in [0.4, 0.5) is 0 Å². The Morgan fingerprint density at radius 3 is 2.60 bits per heavy atom. The van der Waals surface area contributed by atoms with Crippen molar-refractivity contribution in [3.63, 3.8) is 0 Å². The van der Waals surface area contributed by atoms with Crippen LogP contribution in [0, 0.1) is 0 Å². The van der Waals surface area contributed by atoms with Gasteiger partial charge in [-0.1, -0.05) is 30.3 Å². The number of amides is 1. The molecule has 1 amide bonds. The Balaban J connectivity index is 2.32. The molecule has 20 heavy (non-hydrogen) atoms. The molecule has 4 nitrogen and oxygen atoms in total. The van der Waals surface area contributed by atoms with E-state index in [4.69, 9.17) is 10.5 Å². The van der Waals surface area contributed by atoms with Gasteiger partial charge < -0.3 is 15.4 Å². The smallest absolute Gasteiger partial charge is 0.222 e. The number of carbonyl (C=O) groups excluding carboxylic acids is 1. The Kier molecular flexibility index (Phi) is 8.67. The number of hydrogen-bond donors (Lipinski definition) is 1. The Labute approximate surface area is 121 Å². The van der Waals surface area contributed by atoms with Gasteiger partial charge >= 0.3 is 0 Å². The van der Waals surface area contributed by atoms with Crippen molar-refractivity contribution < 1.29 is 9.53 Å². The zero-order valence-electron chi connectivity index (χ0n) is 12.4. The summed E-state index contributed by atoms with van der Waals surface area (Å²) in [4.78, 5) is 14.0. The number of nitrogens with two attached hydrogens (primary N) is 1. The number of nitrogens with zero attached hydrogens (tertiary/aromatic N) is 1. The van der Waals surface area contributed by atoms with E-state index in [0.29, 0.717) is 26.1 Å². The molecule has 0 aliphatic rings. The number of ether oxygens (including phenoxy) is 1. The van der Waals surface area contributed by atoms with Gasteiger partial charge in [-0.05, 0) is 31.4 Å². The van der Waals surface area contributed by atoms with Gasteiger partial charge in [-0.15, -0.1) is 0 Å². The van der Waals surface area contributed by atoms with Gasteiger partial charge in [0.1, 0.15) is 0 Å². The number of aryl methyl sites for hydroxylation is 1. The standard InChI is InChI=1S/C16H26N2O2/c1-20-14-13-18(12-6-11-17)16(19)10-5-9-15-7-3-2-4-8-15/h2-4,7-8H,5-6,9-14,17H2,1H3. The van der Waals surface area contributed by atoms with Gasteiger partial charge in [-0.25, -0.2) is 0 Å². The van der Waals surface area contributed by atoms with E-state index >= 15 is 0 Å². The van der Waals surface area contributed by atoms with Gasteiger partial charge in [0.2, 0.25) is 5.91 Å². The lowest BCUT2D eigenvalue weighted by Gasteiger charge is -2.22. The number of carbonyl (C=O) groups is 1. The van der Waals surface area contributed by atoms with Crippen LogP contribution in [0.1, 0.15) is 24.8 Å². The number of hydrogen-bond acceptors (Lipinski definition) is 3. The second kappa shape index (κ2) is 10.4. The molecule has 0 radical (unpaired) electrons. The zero-order chi connectivity index (χ0) is 14.6. The van der Waals surface area contributed by atoms with Crippen LogP contribution < -0.4 is 5.73 Å². The van der Waals surface area contributed by atoms with Crippen molar-refractivity contribution in [1.82, 2.24) is 4.90 Å². The minimum Gasteiger partial charge on any atom is -0.383 e. The van der Waals surface area contributed by atoms with Crippen LogP contribution in [0.25, 0.3) is 0 Å². The van der Waals surface area contributed by atoms with Crippen LogP contribution in [-0.2, 0) is 16.0 Å². The van der Waals surface area contributed by atoms with Crippen molar-refractivity contribution in [1.29, 1.82) is 0 Å². The van der Waals surface area contributed by atoms with E-state index in [1.54, 1.807) is 7.11 Å². The number of benzene rings is 1. The van der Waals surface area contributed by atoms with Crippen LogP contribution in [0.3, 0.4) is 0 Å². The molecule has 4 heteroatoms. The first-order chi connectivity index (χ1) is 9.77. The molecule has 1 aromatic rings. The van der Waals surface area contributed by atoms with Crippen molar-refractivity contribution in [2.45, 2.75) is 25.7 Å². The fourth-order valence-corrected chi connectivity index (χ4v) is 2.09. The highest BCUT2D eigenvalue weighted by atomic mass is 16.5. The zero-order valence-corrected chi connectivity index (χ0v) is 12.4. The number of rotatable bonds is 10. The van der Waals surface area contributed by atoms with Crippen LogP contribution in [-0.4, -0.2) is 44.2 Å². The summed E-state index contributed by atoms with van der Waals surface area (Å²) in [5, 5.41) is 0. The molecule has 1 aromatic carbocycles. The summed E-state index contributed by atoms with van der Waals surface area (Å²) in [6.07, 6.45) is 3.26. The molecule has 0 aliphatic heterocycles. The molecule has 112 valence electrons. The summed E-state index contributed by atoms with van der Waals surface area (Å²) in [5.74, 6) is 0.200. The SMILES string of the molecule is COCCN(CCCN)C(=O)CCCc1ccccc1. The average molecular weight is 278 g/mol. The second-order valence-electron chi connectivity index (χ2n) is 4.85. The predicted octanol–water partition coefficient (Wildman–Crippen LogP) is 1.83. The highest BCUT2D eigenvalue weighted by Gasteiger charge is 2.12. The van der Waals surface area contributed by atoms with E-state index in [9.17, 15) is 4.79 Å². The van der Waals surface area contributed by atoms with E-state index in [1.807, 2.05) is 23.1 Å². The van der Waals surface area contributed by atoms with Gasteiger partial charge in [-0.2, -0.15) is 0 Å². The van der Waals surface area contributed by atoms with Gasteiger partial charge in [0.05, 0.1) is 6.61 Å². The predicted molar refractivity (Wildman–Crippen MR) is 81.5 cm³/mol. The molecular formula is C16H26N2O2. The fourth-order valence-electron chi connectivity index (χ4n) is 2.09. The van der Waals surface area contributed by atoms with E-state index in [1.165, 1.54) is 5.56 Å². The molecule has 0 spiro atoms. The van der Waals surface area contributed by atoms with E-state index in [2.05, 4.69) is 12.1 Å². The van der Waals surface area contributed by atoms with Crippen molar-refractivity contribution in [3.05, 3.63) is 35.9 Å². The molecule has 0 saturated heterocycles. The summed E-state index contributed by atoms with van der Waals surface area (Å²) < 4.78 is 5.05. The largest absolute Gasteiger partial charge is 0.383 e. The minimum atomic E-state index is 0.200. The normalized spacial score (nSPS) is 10.5. The lowest BCUT2D eigenvalue weighted by Crippen LogP contribution is -2.35. The Bertz CT molecular complexity index is 360. The monoisotopic (exact) mass is 278 g/mol. The summed E-state index contributed by atoms with van der Waals surface area (Å²) >= 11 is 0. The quantitative estimate of drug-likeness (QED) is 0.710. The molecule has 0 unspecified atom stereocenters. The van der Waals surface area contributed by atoms with Crippen LogP contribution in [0.2, 0.25) is 0 Å². The molecule has 0 fully saturated rings. The fraction of sp³-hybridized carbons (Fsp3) is 0.562. The Morgan fingerprint density at radius 1 is 1.20 bits per heavy atom. The summed E-state index contributed by atoms with van der Waals surface area (Å²) in [5.41, 5.74) is 6.80. The summed E-state index contributed by atoms with van der Waals surface area (Å²) in [6.45, 7) is 2.57. The van der Waals surface area contributed by atoms with E-state index in [-0.39, 0.29) is 5.91 Å². The Hall–Kier alpha value is -1.39. The van der Waals surface area contributed by atoms with Gasteiger partial charge in [0.15, 0.2) is 0 Å². The lowest BCUT2D eigenvalue weighted by atomic mass is 10.1. The molecule has 0 aliphatic carbocycles. The van der Waals surface area contributed by atoms with Crippen molar-refractivity contribution in [3.8, 4) is 0 Å². The molecule has 0 heterocycles. The lowest BCUT2D eigenvalue weighted by molar-refractivity contribution is -0.132. The van der Waals surface area contributed by atoms with Crippen molar-refractivity contribution in [2.75, 3.05) is 33.4 Å². The molecule has 0 saturated carbocycles. The first-order valence-electron chi connectivity index (χ1n) is 7.28. The Morgan fingerprint density at radius 2 is 1.95 bits per heavy atom. The minimum absolute atomic E-state index is 0.200. The van der Waals surface area contributed by atoms with Crippen LogP contribution >= 0.6 is 0 Å². The first kappa shape index (κ1) is 16.7. The molecule has 0 aromatic heterocycles. The summed E-state index contributed by atoms with van der Waals surface area (Å²) in [7, 11) is 1.65. The maximum Gasteiger partial charge on any atom is 0.222 e. The first-order valence-corrected chi connectivity index (χ1v) is 7.28.